The van der Waals surface area contributed by atoms with E-state index >= 15 is 0 Å². The van der Waals surface area contributed by atoms with Crippen molar-refractivity contribution in [2.24, 2.45) is 0 Å². The van der Waals surface area contributed by atoms with Gasteiger partial charge in [-0.15, -0.1) is 0 Å². The molecule has 0 spiro atoms. The van der Waals surface area contributed by atoms with E-state index in [4.69, 9.17) is 4.52 Å². The molecular formula is C19H23F2N3O3. The number of benzene rings is 1. The molecule has 2 N–H and O–H groups in total. The lowest BCUT2D eigenvalue weighted by molar-refractivity contribution is -0.120. The van der Waals surface area contributed by atoms with Crippen molar-refractivity contribution in [1.29, 1.82) is 0 Å². The highest BCUT2D eigenvalue weighted by atomic mass is 19.2. The number of halogens is 2. The maximum Gasteiger partial charge on any atom is 0.244 e. The Hall–Kier alpha value is -2.32. The highest BCUT2D eigenvalue weighted by molar-refractivity contribution is 5.94. The van der Waals surface area contributed by atoms with Gasteiger partial charge in [-0.3, -0.25) is 15.0 Å². The van der Waals surface area contributed by atoms with Crippen LogP contribution in [0.3, 0.4) is 0 Å². The Balaban J connectivity index is 1.70. The molecule has 1 saturated heterocycles. The van der Waals surface area contributed by atoms with Gasteiger partial charge in [0.2, 0.25) is 11.8 Å². The van der Waals surface area contributed by atoms with Crippen LogP contribution in [0.25, 0.3) is 0 Å². The van der Waals surface area contributed by atoms with Crippen molar-refractivity contribution in [3.05, 3.63) is 47.2 Å². The second-order valence-corrected chi connectivity index (χ2v) is 7.90. The topological polar surface area (TPSA) is 78.6 Å². The molecule has 6 nitrogen and oxygen atoms in total. The van der Waals surface area contributed by atoms with Crippen LogP contribution < -0.4 is 5.32 Å². The third-order valence-electron chi connectivity index (χ3n) is 4.58. The molecule has 0 bridgehead atoms. The summed E-state index contributed by atoms with van der Waals surface area (Å²) in [5, 5.41) is 16.6. The Kier molecular flexibility index (Phi) is 5.30. The second kappa shape index (κ2) is 7.36. The summed E-state index contributed by atoms with van der Waals surface area (Å²) in [6.45, 7) is 6.42. The van der Waals surface area contributed by atoms with E-state index < -0.39 is 23.8 Å². The van der Waals surface area contributed by atoms with Crippen LogP contribution >= 0.6 is 0 Å². The van der Waals surface area contributed by atoms with E-state index in [1.54, 1.807) is 11.0 Å². The molecule has 1 aliphatic heterocycles. The highest BCUT2D eigenvalue weighted by Gasteiger charge is 2.36. The predicted octanol–water partition coefficient (Wildman–Crippen LogP) is 2.82. The van der Waals surface area contributed by atoms with Crippen LogP contribution in [0.2, 0.25) is 0 Å². The number of β-amino-alcohol motifs (C(OH)–C–C–N with tert-alkyl or cyclic N) is 1. The lowest BCUT2D eigenvalue weighted by atomic mass is 9.92. The number of carbonyl (C=O) groups is 1. The summed E-state index contributed by atoms with van der Waals surface area (Å²) < 4.78 is 31.7. The van der Waals surface area contributed by atoms with Crippen LogP contribution in [0.1, 0.15) is 38.4 Å². The molecule has 2 heterocycles. The predicted molar refractivity (Wildman–Crippen MR) is 95.0 cm³/mol. The molecule has 1 aromatic carbocycles. The van der Waals surface area contributed by atoms with Gasteiger partial charge in [-0.1, -0.05) is 32.0 Å². The summed E-state index contributed by atoms with van der Waals surface area (Å²) >= 11 is 0. The third-order valence-corrected chi connectivity index (χ3v) is 4.58. The Bertz CT molecular complexity index is 832. The Morgan fingerprint density at radius 1 is 1.33 bits per heavy atom. The van der Waals surface area contributed by atoms with Gasteiger partial charge in [0.1, 0.15) is 0 Å². The van der Waals surface area contributed by atoms with Crippen molar-refractivity contribution in [3.8, 4) is 0 Å². The summed E-state index contributed by atoms with van der Waals surface area (Å²) in [7, 11) is 0. The number of nitrogens with zero attached hydrogens (tertiary/aromatic N) is 2. The minimum Gasteiger partial charge on any atom is -0.392 e. The normalized spacial score (nSPS) is 20.8. The van der Waals surface area contributed by atoms with Crippen LogP contribution in [-0.2, 0) is 16.8 Å². The van der Waals surface area contributed by atoms with E-state index in [1.165, 1.54) is 6.07 Å². The van der Waals surface area contributed by atoms with Gasteiger partial charge in [-0.25, -0.2) is 8.78 Å². The van der Waals surface area contributed by atoms with Crippen LogP contribution in [0.5, 0.6) is 0 Å². The first-order valence-corrected chi connectivity index (χ1v) is 8.77. The van der Waals surface area contributed by atoms with Gasteiger partial charge in [0.15, 0.2) is 11.6 Å². The Labute approximate surface area is 156 Å². The molecule has 3 rings (SSSR count). The first-order valence-electron chi connectivity index (χ1n) is 8.77. The fraction of sp³-hybridized carbons (Fsp3) is 0.474. The van der Waals surface area contributed by atoms with E-state index in [2.05, 4.69) is 10.5 Å². The van der Waals surface area contributed by atoms with Gasteiger partial charge < -0.3 is 9.63 Å². The van der Waals surface area contributed by atoms with Gasteiger partial charge >= 0.3 is 0 Å². The van der Waals surface area contributed by atoms with Gasteiger partial charge in [0, 0.05) is 24.6 Å². The Morgan fingerprint density at radius 2 is 2.07 bits per heavy atom. The van der Waals surface area contributed by atoms with Crippen molar-refractivity contribution >= 4 is 11.8 Å². The van der Waals surface area contributed by atoms with Crippen LogP contribution in [-0.4, -0.2) is 39.8 Å². The number of anilines is 1. The summed E-state index contributed by atoms with van der Waals surface area (Å²) in [5.74, 6) is -1.97. The average molecular weight is 379 g/mol. The van der Waals surface area contributed by atoms with E-state index in [1.807, 2.05) is 20.8 Å². The van der Waals surface area contributed by atoms with Crippen molar-refractivity contribution in [3.63, 3.8) is 0 Å². The van der Waals surface area contributed by atoms with E-state index in [0.29, 0.717) is 11.3 Å². The smallest absolute Gasteiger partial charge is 0.244 e. The van der Waals surface area contributed by atoms with E-state index in [0.717, 1.165) is 12.1 Å². The third kappa shape index (κ3) is 4.51. The molecule has 2 aromatic rings. The molecule has 0 radical (unpaired) electrons. The number of hydrogen-bond acceptors (Lipinski definition) is 5. The summed E-state index contributed by atoms with van der Waals surface area (Å²) in [6, 6.07) is 4.67. The lowest BCUT2D eigenvalue weighted by Crippen LogP contribution is -2.39. The molecule has 146 valence electrons. The zero-order valence-corrected chi connectivity index (χ0v) is 15.5. The lowest BCUT2D eigenvalue weighted by Gasteiger charge is -2.22. The standard InChI is InChI=1S/C19H23F2N3O3/c1-19(2,3)16-8-17(27-23-16)22-18(26)15-7-12(25)10-24(15)9-11-4-5-13(20)14(21)6-11/h4-6,8,12,15,25H,7,9-10H2,1-3H3,(H,22,26)/t12-,15+/m1/s1. The zero-order chi connectivity index (χ0) is 19.8. The highest BCUT2D eigenvalue weighted by Crippen LogP contribution is 2.26. The number of carbonyl (C=O) groups excluding carboxylic acids is 1. The monoisotopic (exact) mass is 379 g/mol. The maximum absolute atomic E-state index is 13.4. The van der Waals surface area contributed by atoms with Crippen molar-refractivity contribution < 1.29 is 23.2 Å². The molecule has 2 atom stereocenters. The van der Waals surface area contributed by atoms with Crippen LogP contribution in [0, 0.1) is 11.6 Å². The minimum absolute atomic E-state index is 0.214. The molecule has 1 amide bonds. The van der Waals surface area contributed by atoms with Gasteiger partial charge in [0.25, 0.3) is 0 Å². The van der Waals surface area contributed by atoms with Gasteiger partial charge in [-0.05, 0) is 24.1 Å². The SMILES string of the molecule is CC(C)(C)c1cc(NC(=O)[C@@H]2C[C@@H](O)CN2Cc2ccc(F)c(F)c2)on1. The molecule has 0 unspecified atom stereocenters. The number of nitrogens with one attached hydrogen (secondary N) is 1. The van der Waals surface area contributed by atoms with E-state index in [-0.39, 0.29) is 36.7 Å². The minimum atomic E-state index is -0.940. The average Bonchev–Trinajstić information content (AvgIpc) is 3.17. The number of aromatic nitrogens is 1. The van der Waals surface area contributed by atoms with E-state index in [9.17, 15) is 18.7 Å². The molecule has 1 aromatic heterocycles. The first kappa shape index (κ1) is 19.4. The molecule has 1 fully saturated rings. The number of aliphatic hydroxyl groups is 1. The molecule has 0 aliphatic carbocycles. The summed E-state index contributed by atoms with van der Waals surface area (Å²) in [6.07, 6.45) is -0.429. The van der Waals surface area contributed by atoms with Crippen molar-refractivity contribution in [2.45, 2.75) is 51.3 Å². The Morgan fingerprint density at radius 3 is 2.70 bits per heavy atom. The molecule has 8 heteroatoms. The summed E-state index contributed by atoms with van der Waals surface area (Å²) in [4.78, 5) is 14.4. The second-order valence-electron chi connectivity index (χ2n) is 7.90. The molecular weight excluding hydrogens is 356 g/mol. The van der Waals surface area contributed by atoms with Crippen molar-refractivity contribution in [1.82, 2.24) is 10.1 Å². The fourth-order valence-electron chi connectivity index (χ4n) is 3.09. The van der Waals surface area contributed by atoms with Crippen LogP contribution in [0.15, 0.2) is 28.8 Å². The summed E-state index contributed by atoms with van der Waals surface area (Å²) in [5.41, 5.74) is 1.02. The van der Waals surface area contributed by atoms with Gasteiger partial charge in [-0.2, -0.15) is 0 Å². The molecule has 27 heavy (non-hydrogen) atoms. The van der Waals surface area contributed by atoms with Crippen LogP contribution in [0.4, 0.5) is 14.7 Å². The number of likely N-dealkylation sites (tertiary alicyclic amines) is 1. The fourth-order valence-corrected chi connectivity index (χ4v) is 3.09. The number of rotatable bonds is 4. The number of amides is 1. The number of hydrogen-bond donors (Lipinski definition) is 2. The zero-order valence-electron chi connectivity index (χ0n) is 15.5. The largest absolute Gasteiger partial charge is 0.392 e. The molecule has 1 aliphatic rings. The molecule has 0 saturated carbocycles. The quantitative estimate of drug-likeness (QED) is 0.854. The number of aliphatic hydroxyl groups excluding tert-OH is 1. The first-order chi connectivity index (χ1) is 12.6. The maximum atomic E-state index is 13.4. The van der Waals surface area contributed by atoms with Gasteiger partial charge in [0.05, 0.1) is 17.8 Å². The van der Waals surface area contributed by atoms with Crippen molar-refractivity contribution in [2.75, 3.05) is 11.9 Å².